The van der Waals surface area contributed by atoms with E-state index in [1.54, 1.807) is 6.08 Å². The van der Waals surface area contributed by atoms with Gasteiger partial charge in [-0.05, 0) is 103 Å². The van der Waals surface area contributed by atoms with Gasteiger partial charge in [-0.2, -0.15) is 0 Å². The van der Waals surface area contributed by atoms with Crippen LogP contribution in [0.2, 0.25) is 0 Å². The van der Waals surface area contributed by atoms with Crippen molar-refractivity contribution in [1.82, 2.24) is 5.32 Å². The van der Waals surface area contributed by atoms with Crippen LogP contribution in [0.1, 0.15) is 309 Å². The lowest BCUT2D eigenvalue weighted by Gasteiger charge is -2.20. The quantitative estimate of drug-likeness (QED) is 0.0321. The third kappa shape index (κ3) is 54.9. The zero-order valence-electron chi connectivity index (χ0n) is 46.5. The zero-order chi connectivity index (χ0) is 50.7. The maximum atomic E-state index is 12.5. The fourth-order valence-electron chi connectivity index (χ4n) is 9.05. The van der Waals surface area contributed by atoms with Crippen LogP contribution >= 0.6 is 0 Å². The molecule has 0 aromatic rings. The smallest absolute Gasteiger partial charge is 0.305 e. The second-order valence-electron chi connectivity index (χ2n) is 20.7. The largest absolute Gasteiger partial charge is 0.466 e. The first-order valence-electron chi connectivity index (χ1n) is 30.6. The molecule has 2 atom stereocenters. The van der Waals surface area contributed by atoms with E-state index in [9.17, 15) is 19.8 Å². The molecule has 0 aliphatic heterocycles. The van der Waals surface area contributed by atoms with E-state index in [1.165, 1.54) is 193 Å². The van der Waals surface area contributed by atoms with Crippen LogP contribution in [0.5, 0.6) is 0 Å². The molecule has 0 saturated carbocycles. The van der Waals surface area contributed by atoms with Gasteiger partial charge < -0.3 is 20.3 Å². The van der Waals surface area contributed by atoms with Gasteiger partial charge in [0.15, 0.2) is 0 Å². The van der Waals surface area contributed by atoms with E-state index >= 15 is 0 Å². The van der Waals surface area contributed by atoms with E-state index in [0.29, 0.717) is 19.4 Å². The standard InChI is InChI=1S/C64H117NO5/c1-3-5-7-9-11-13-15-17-19-21-22-26-30-34-38-42-46-50-54-58-64(69)70-59-55-51-47-43-39-35-31-27-23-25-29-33-37-41-45-49-53-57-63(68)65-61(60-66)62(67)56-52-48-44-40-36-32-28-24-20-18-16-14-12-10-8-6-4-2/h11,13,17,19,23,27,35,39,52,56,61-62,66-67H,3-10,12,14-16,18,20-22,24-26,28-34,36-38,40-51,53-55,57-60H2,1-2H3,(H,65,68)/b13-11-,19-17-,27-23-,39-35-,56-52+. The van der Waals surface area contributed by atoms with E-state index in [2.05, 4.69) is 67.8 Å². The molecule has 0 spiro atoms. The number of esters is 1. The van der Waals surface area contributed by atoms with Crippen LogP contribution in [0.3, 0.4) is 0 Å². The lowest BCUT2D eigenvalue weighted by Crippen LogP contribution is -2.45. The summed E-state index contributed by atoms with van der Waals surface area (Å²) in [6, 6.07) is -0.642. The monoisotopic (exact) mass is 980 g/mol. The van der Waals surface area contributed by atoms with Crippen LogP contribution in [0.15, 0.2) is 60.8 Å². The number of ether oxygens (including phenoxy) is 1. The predicted octanol–water partition coefficient (Wildman–Crippen LogP) is 19.1. The molecule has 0 radical (unpaired) electrons. The Hall–Kier alpha value is -2.44. The molecular weight excluding hydrogens is 863 g/mol. The number of carbonyl (C=O) groups is 2. The Kier molecular flexibility index (Phi) is 57.1. The third-order valence-corrected chi connectivity index (χ3v) is 13.8. The Labute approximate surface area is 435 Å². The first-order valence-corrected chi connectivity index (χ1v) is 30.6. The van der Waals surface area contributed by atoms with Crippen LogP contribution in [-0.2, 0) is 14.3 Å². The maximum absolute atomic E-state index is 12.5. The number of aliphatic hydroxyl groups is 2. The van der Waals surface area contributed by atoms with Gasteiger partial charge in [-0.3, -0.25) is 9.59 Å². The highest BCUT2D eigenvalue weighted by Crippen LogP contribution is 2.16. The fraction of sp³-hybridized carbons (Fsp3) is 0.812. The van der Waals surface area contributed by atoms with E-state index in [-0.39, 0.29) is 18.5 Å². The van der Waals surface area contributed by atoms with Gasteiger partial charge in [0.05, 0.1) is 25.4 Å². The molecule has 408 valence electrons. The number of hydrogen-bond donors (Lipinski definition) is 3. The van der Waals surface area contributed by atoms with Crippen molar-refractivity contribution in [2.75, 3.05) is 13.2 Å². The number of hydrogen-bond acceptors (Lipinski definition) is 5. The van der Waals surface area contributed by atoms with Crippen LogP contribution in [0, 0.1) is 0 Å². The molecule has 0 saturated heterocycles. The Morgan fingerprint density at radius 3 is 1.11 bits per heavy atom. The Balaban J connectivity index is 3.52. The normalized spacial score (nSPS) is 13.0. The van der Waals surface area contributed by atoms with Gasteiger partial charge in [0.25, 0.3) is 0 Å². The number of carbonyl (C=O) groups excluding carboxylic acids is 2. The second-order valence-corrected chi connectivity index (χ2v) is 20.7. The summed E-state index contributed by atoms with van der Waals surface area (Å²) < 4.78 is 5.47. The molecule has 6 heteroatoms. The van der Waals surface area contributed by atoms with Crippen molar-refractivity contribution < 1.29 is 24.5 Å². The number of unbranched alkanes of at least 4 members (excludes halogenated alkanes) is 37. The number of aliphatic hydroxyl groups excluding tert-OH is 2. The predicted molar refractivity (Wildman–Crippen MR) is 305 cm³/mol. The molecule has 0 aliphatic rings. The molecule has 3 N–H and O–H groups in total. The minimum Gasteiger partial charge on any atom is -0.466 e. The Bertz CT molecular complexity index is 1220. The second kappa shape index (κ2) is 59.1. The van der Waals surface area contributed by atoms with E-state index < -0.39 is 12.1 Å². The summed E-state index contributed by atoms with van der Waals surface area (Å²) in [5.41, 5.74) is 0. The molecule has 6 nitrogen and oxygen atoms in total. The summed E-state index contributed by atoms with van der Waals surface area (Å²) in [6.45, 7) is 4.84. The Morgan fingerprint density at radius 1 is 0.400 bits per heavy atom. The maximum Gasteiger partial charge on any atom is 0.305 e. The molecular formula is C64H117NO5. The van der Waals surface area contributed by atoms with Gasteiger partial charge in [-0.25, -0.2) is 0 Å². The molecule has 0 aliphatic carbocycles. The average molecular weight is 981 g/mol. The summed E-state index contributed by atoms with van der Waals surface area (Å²) >= 11 is 0. The Morgan fingerprint density at radius 2 is 0.714 bits per heavy atom. The van der Waals surface area contributed by atoms with Gasteiger partial charge in [0, 0.05) is 12.8 Å². The fourth-order valence-corrected chi connectivity index (χ4v) is 9.05. The SMILES string of the molecule is CCCCC/C=C\C/C=C\CCCCCCCCCCCC(=O)OCCCCC/C=C\C/C=C\CCCCCCCCCC(=O)NC(CO)C(O)/C=C/CCCCCCCCCCCCCCCCC. The molecule has 0 heterocycles. The van der Waals surface area contributed by atoms with Gasteiger partial charge in [-0.15, -0.1) is 0 Å². The van der Waals surface area contributed by atoms with E-state index in [4.69, 9.17) is 4.74 Å². The van der Waals surface area contributed by atoms with Gasteiger partial charge in [0.1, 0.15) is 0 Å². The van der Waals surface area contributed by atoms with Crippen LogP contribution in [0.25, 0.3) is 0 Å². The van der Waals surface area contributed by atoms with Crippen molar-refractivity contribution in [3.63, 3.8) is 0 Å². The van der Waals surface area contributed by atoms with Crippen LogP contribution < -0.4 is 5.32 Å². The number of rotatable bonds is 56. The minimum absolute atomic E-state index is 0.0207. The molecule has 0 rings (SSSR count). The molecule has 0 aromatic heterocycles. The first kappa shape index (κ1) is 67.6. The van der Waals surface area contributed by atoms with Gasteiger partial charge in [-0.1, -0.05) is 254 Å². The van der Waals surface area contributed by atoms with E-state index in [0.717, 1.165) is 89.9 Å². The van der Waals surface area contributed by atoms with Crippen LogP contribution in [-0.4, -0.2) is 47.4 Å². The summed E-state index contributed by atoms with van der Waals surface area (Å²) in [4.78, 5) is 24.6. The van der Waals surface area contributed by atoms with Crippen molar-refractivity contribution in [3.8, 4) is 0 Å². The molecule has 1 amide bonds. The van der Waals surface area contributed by atoms with Crippen molar-refractivity contribution in [2.24, 2.45) is 0 Å². The van der Waals surface area contributed by atoms with Crippen LogP contribution in [0.4, 0.5) is 0 Å². The molecule has 0 aromatic carbocycles. The molecule has 2 unspecified atom stereocenters. The van der Waals surface area contributed by atoms with E-state index in [1.807, 2.05) is 6.08 Å². The molecule has 0 fully saturated rings. The topological polar surface area (TPSA) is 95.9 Å². The number of nitrogens with one attached hydrogen (secondary N) is 1. The average Bonchev–Trinajstić information content (AvgIpc) is 3.36. The molecule has 70 heavy (non-hydrogen) atoms. The highest BCUT2D eigenvalue weighted by molar-refractivity contribution is 5.76. The summed E-state index contributed by atoms with van der Waals surface area (Å²) in [7, 11) is 0. The number of allylic oxidation sites excluding steroid dienone is 9. The van der Waals surface area contributed by atoms with Gasteiger partial charge in [0.2, 0.25) is 5.91 Å². The summed E-state index contributed by atoms with van der Waals surface area (Å²) in [5, 5.41) is 23.1. The summed E-state index contributed by atoms with van der Waals surface area (Å²) in [5.74, 6) is -0.105. The van der Waals surface area contributed by atoms with Gasteiger partial charge >= 0.3 is 5.97 Å². The lowest BCUT2D eigenvalue weighted by molar-refractivity contribution is -0.143. The minimum atomic E-state index is -0.857. The van der Waals surface area contributed by atoms with Crippen molar-refractivity contribution in [2.45, 2.75) is 321 Å². The lowest BCUT2D eigenvalue weighted by atomic mass is 10.0. The van der Waals surface area contributed by atoms with Crippen molar-refractivity contribution in [3.05, 3.63) is 60.8 Å². The van der Waals surface area contributed by atoms with Crippen molar-refractivity contribution >= 4 is 11.9 Å². The highest BCUT2D eigenvalue weighted by Gasteiger charge is 2.18. The highest BCUT2D eigenvalue weighted by atomic mass is 16.5. The van der Waals surface area contributed by atoms with Crippen molar-refractivity contribution in [1.29, 1.82) is 0 Å². The third-order valence-electron chi connectivity index (χ3n) is 13.8. The first-order chi connectivity index (χ1) is 34.5. The number of amides is 1. The summed E-state index contributed by atoms with van der Waals surface area (Å²) in [6.07, 6.45) is 76.8. The zero-order valence-corrected chi connectivity index (χ0v) is 46.5. The molecule has 0 bridgehead atoms.